The van der Waals surface area contributed by atoms with Crippen molar-refractivity contribution in [2.24, 2.45) is 0 Å². The summed E-state index contributed by atoms with van der Waals surface area (Å²) in [5.41, 5.74) is 0.610. The highest BCUT2D eigenvalue weighted by atomic mass is 32.2. The second-order valence-corrected chi connectivity index (χ2v) is 7.96. The number of aryl methyl sites for hydroxylation is 1. The van der Waals surface area contributed by atoms with Gasteiger partial charge in [0.25, 0.3) is 0 Å². The maximum Gasteiger partial charge on any atom is 0.243 e. The van der Waals surface area contributed by atoms with Gasteiger partial charge in [-0.05, 0) is 37.1 Å². The summed E-state index contributed by atoms with van der Waals surface area (Å²) in [4.78, 5) is 4.23. The number of nitrogens with zero attached hydrogens (tertiary/aromatic N) is 2. The van der Waals surface area contributed by atoms with Crippen LogP contribution in [0, 0.1) is 6.92 Å². The van der Waals surface area contributed by atoms with Crippen molar-refractivity contribution in [3.63, 3.8) is 0 Å². The molecule has 1 fully saturated rings. The third kappa shape index (κ3) is 3.61. The van der Waals surface area contributed by atoms with E-state index in [2.05, 4.69) is 4.98 Å². The third-order valence-electron chi connectivity index (χ3n) is 4.34. The van der Waals surface area contributed by atoms with Gasteiger partial charge in [-0.3, -0.25) is 4.98 Å². The summed E-state index contributed by atoms with van der Waals surface area (Å²) in [5.74, 6) is 1.53. The van der Waals surface area contributed by atoms with Crippen molar-refractivity contribution in [1.82, 2.24) is 9.29 Å². The molecular weight excluding hydrogens is 356 g/mol. The van der Waals surface area contributed by atoms with Gasteiger partial charge in [0.1, 0.15) is 11.9 Å². The molecule has 0 unspecified atom stereocenters. The number of ether oxygens (including phenoxy) is 3. The first kappa shape index (κ1) is 18.5. The molecule has 0 aliphatic carbocycles. The number of methoxy groups -OCH3 is 2. The summed E-state index contributed by atoms with van der Waals surface area (Å²) in [6, 6.07) is 6.78. The Hall–Kier alpha value is -2.32. The Labute approximate surface area is 153 Å². The lowest BCUT2D eigenvalue weighted by molar-refractivity contribution is 0.214. The molecule has 7 nitrogen and oxygen atoms in total. The van der Waals surface area contributed by atoms with E-state index in [1.807, 2.05) is 6.07 Å². The monoisotopic (exact) mass is 378 g/mol. The van der Waals surface area contributed by atoms with Crippen molar-refractivity contribution < 1.29 is 22.6 Å². The lowest BCUT2D eigenvalue weighted by Crippen LogP contribution is -2.31. The van der Waals surface area contributed by atoms with E-state index in [-0.39, 0.29) is 11.0 Å². The molecule has 0 amide bonds. The Morgan fingerprint density at radius 1 is 1.19 bits per heavy atom. The van der Waals surface area contributed by atoms with Gasteiger partial charge >= 0.3 is 0 Å². The molecule has 1 aliphatic heterocycles. The highest BCUT2D eigenvalue weighted by molar-refractivity contribution is 7.89. The van der Waals surface area contributed by atoms with Crippen molar-refractivity contribution in [3.05, 3.63) is 42.2 Å². The Balaban J connectivity index is 1.81. The van der Waals surface area contributed by atoms with E-state index in [0.717, 1.165) is 0 Å². The van der Waals surface area contributed by atoms with Crippen LogP contribution >= 0.6 is 0 Å². The lowest BCUT2D eigenvalue weighted by Gasteiger charge is -2.19. The van der Waals surface area contributed by atoms with E-state index in [9.17, 15) is 8.42 Å². The molecule has 0 N–H and O–H groups in total. The van der Waals surface area contributed by atoms with Gasteiger partial charge in [-0.1, -0.05) is 0 Å². The van der Waals surface area contributed by atoms with Crippen LogP contribution in [0.15, 0.2) is 41.6 Å². The van der Waals surface area contributed by atoms with Gasteiger partial charge in [0.15, 0.2) is 11.5 Å². The molecule has 3 rings (SSSR count). The first-order valence-electron chi connectivity index (χ1n) is 8.25. The quantitative estimate of drug-likeness (QED) is 0.767. The lowest BCUT2D eigenvalue weighted by atomic mass is 10.2. The molecule has 0 saturated carbocycles. The van der Waals surface area contributed by atoms with Crippen LogP contribution in [0.1, 0.15) is 12.0 Å². The van der Waals surface area contributed by atoms with E-state index < -0.39 is 10.0 Å². The molecule has 1 saturated heterocycles. The summed E-state index contributed by atoms with van der Waals surface area (Å²) in [7, 11) is -0.647. The molecule has 1 aromatic heterocycles. The van der Waals surface area contributed by atoms with E-state index in [4.69, 9.17) is 14.2 Å². The fourth-order valence-electron chi connectivity index (χ4n) is 3.00. The summed E-state index contributed by atoms with van der Waals surface area (Å²) >= 11 is 0. The number of rotatable bonds is 6. The normalized spacial score (nSPS) is 17.9. The Kier molecular flexibility index (Phi) is 5.33. The highest BCUT2D eigenvalue weighted by Gasteiger charge is 2.35. The Morgan fingerprint density at radius 2 is 1.92 bits per heavy atom. The van der Waals surface area contributed by atoms with Crippen LogP contribution in [0.3, 0.4) is 0 Å². The summed E-state index contributed by atoms with van der Waals surface area (Å²) < 4.78 is 43.9. The van der Waals surface area contributed by atoms with Gasteiger partial charge in [-0.25, -0.2) is 8.42 Å². The predicted octanol–water partition coefficient (Wildman–Crippen LogP) is 2.25. The minimum atomic E-state index is -3.65. The molecular formula is C18H22N2O5S. The molecule has 0 bridgehead atoms. The minimum absolute atomic E-state index is 0.200. The molecule has 2 heterocycles. The van der Waals surface area contributed by atoms with Crippen molar-refractivity contribution in [3.8, 4) is 17.2 Å². The van der Waals surface area contributed by atoms with Crippen LogP contribution in [-0.2, 0) is 10.0 Å². The standard InChI is InChI=1S/C18H22N2O5S/c1-13-9-16(23-2)17(24-3)10-18(13)26(21,22)20-8-6-15(12-20)25-14-5-4-7-19-11-14/h4-5,7,9-11,15H,6,8,12H2,1-3H3/t15-/m1/s1. The van der Waals surface area contributed by atoms with Crippen molar-refractivity contribution in [2.75, 3.05) is 27.3 Å². The number of aromatic nitrogens is 1. The molecule has 1 aliphatic rings. The van der Waals surface area contributed by atoms with Crippen LogP contribution < -0.4 is 14.2 Å². The van der Waals surface area contributed by atoms with Crippen LogP contribution in [0.4, 0.5) is 0 Å². The minimum Gasteiger partial charge on any atom is -0.493 e. The average molecular weight is 378 g/mol. The van der Waals surface area contributed by atoms with Crippen molar-refractivity contribution >= 4 is 10.0 Å². The van der Waals surface area contributed by atoms with Gasteiger partial charge in [-0.2, -0.15) is 4.31 Å². The van der Waals surface area contributed by atoms with Crippen LogP contribution in [-0.4, -0.2) is 51.1 Å². The fourth-order valence-corrected chi connectivity index (χ4v) is 4.71. The second kappa shape index (κ2) is 7.51. The topological polar surface area (TPSA) is 78.0 Å². The molecule has 2 aromatic rings. The maximum absolute atomic E-state index is 13.1. The van der Waals surface area contributed by atoms with Crippen LogP contribution in [0.2, 0.25) is 0 Å². The van der Waals surface area contributed by atoms with Gasteiger partial charge in [-0.15, -0.1) is 0 Å². The summed E-state index contributed by atoms with van der Waals surface area (Å²) in [5, 5.41) is 0. The Morgan fingerprint density at radius 3 is 2.58 bits per heavy atom. The SMILES string of the molecule is COc1cc(C)c(S(=O)(=O)N2CC[C@@H](Oc3cccnc3)C2)cc1OC. The van der Waals surface area contributed by atoms with E-state index >= 15 is 0 Å². The third-order valence-corrected chi connectivity index (χ3v) is 6.35. The molecule has 1 atom stereocenters. The number of benzene rings is 1. The van der Waals surface area contributed by atoms with Crippen LogP contribution in [0.5, 0.6) is 17.2 Å². The van der Waals surface area contributed by atoms with Crippen LogP contribution in [0.25, 0.3) is 0 Å². The maximum atomic E-state index is 13.1. The molecule has 0 radical (unpaired) electrons. The summed E-state index contributed by atoms with van der Waals surface area (Å²) in [6.45, 7) is 2.45. The van der Waals surface area contributed by atoms with Gasteiger partial charge in [0, 0.05) is 18.8 Å². The Bertz CT molecular complexity index is 871. The van der Waals surface area contributed by atoms with E-state index in [0.29, 0.717) is 42.3 Å². The molecule has 1 aromatic carbocycles. The average Bonchev–Trinajstić information content (AvgIpc) is 3.11. The number of pyridine rings is 1. The second-order valence-electron chi connectivity index (χ2n) is 6.05. The van der Waals surface area contributed by atoms with Gasteiger partial charge in [0.05, 0.1) is 31.9 Å². The first-order valence-corrected chi connectivity index (χ1v) is 9.69. The molecule has 8 heteroatoms. The van der Waals surface area contributed by atoms with Gasteiger partial charge in [0.2, 0.25) is 10.0 Å². The zero-order valence-electron chi connectivity index (χ0n) is 15.0. The largest absolute Gasteiger partial charge is 0.493 e. The molecule has 26 heavy (non-hydrogen) atoms. The summed E-state index contributed by atoms with van der Waals surface area (Å²) in [6.07, 6.45) is 3.71. The number of hydrogen-bond acceptors (Lipinski definition) is 6. The predicted molar refractivity (Wildman–Crippen MR) is 96.3 cm³/mol. The molecule has 0 spiro atoms. The number of sulfonamides is 1. The van der Waals surface area contributed by atoms with Crippen molar-refractivity contribution in [2.45, 2.75) is 24.3 Å². The van der Waals surface area contributed by atoms with E-state index in [1.54, 1.807) is 31.5 Å². The first-order chi connectivity index (χ1) is 12.5. The smallest absolute Gasteiger partial charge is 0.243 e. The highest BCUT2D eigenvalue weighted by Crippen LogP contribution is 2.34. The zero-order valence-corrected chi connectivity index (χ0v) is 15.8. The van der Waals surface area contributed by atoms with E-state index in [1.165, 1.54) is 24.6 Å². The fraction of sp³-hybridized carbons (Fsp3) is 0.389. The zero-order chi connectivity index (χ0) is 18.7. The number of hydrogen-bond donors (Lipinski definition) is 0. The van der Waals surface area contributed by atoms with Gasteiger partial charge < -0.3 is 14.2 Å². The van der Waals surface area contributed by atoms with Crippen molar-refractivity contribution in [1.29, 1.82) is 0 Å². The molecule has 140 valence electrons.